The highest BCUT2D eigenvalue weighted by molar-refractivity contribution is 5.58. The van der Waals surface area contributed by atoms with Crippen LogP contribution < -0.4 is 0 Å². The Labute approximate surface area is 62.2 Å². The van der Waals surface area contributed by atoms with Gasteiger partial charge in [-0.3, -0.25) is 4.90 Å². The van der Waals surface area contributed by atoms with Crippen LogP contribution >= 0.6 is 0 Å². The Bertz CT molecular complexity index is 114. The van der Waals surface area contributed by atoms with Crippen LogP contribution in [0.2, 0.25) is 0 Å². The number of hydrogen-bond donors (Lipinski definition) is 0. The van der Waals surface area contributed by atoms with Crippen LogP contribution in [0.25, 0.3) is 0 Å². The second-order valence-corrected chi connectivity index (χ2v) is 3.23. The van der Waals surface area contributed by atoms with E-state index in [1.54, 1.807) is 0 Å². The summed E-state index contributed by atoms with van der Waals surface area (Å²) >= 11 is 0. The van der Waals surface area contributed by atoms with Gasteiger partial charge in [-0.05, 0) is 32.4 Å². The molecule has 2 atom stereocenters. The lowest BCUT2D eigenvalue weighted by Gasteiger charge is -2.33. The minimum atomic E-state index is 0.175. The fourth-order valence-corrected chi connectivity index (χ4v) is 1.65. The molecule has 0 bridgehead atoms. The zero-order valence-electron chi connectivity index (χ0n) is 6.71. The maximum Gasteiger partial charge on any atom is 0.137 e. The minimum absolute atomic E-state index is 0.175. The predicted molar refractivity (Wildman–Crippen MR) is 40.9 cm³/mol. The summed E-state index contributed by atoms with van der Waals surface area (Å²) in [5.41, 5.74) is 0. The molecule has 1 rings (SSSR count). The normalized spacial score (nSPS) is 35.8. The molecule has 0 aromatic rings. The van der Waals surface area contributed by atoms with Gasteiger partial charge in [0.25, 0.3) is 0 Å². The molecular formula is C8H15NO. The second kappa shape index (κ2) is 3.15. The van der Waals surface area contributed by atoms with Gasteiger partial charge < -0.3 is 4.79 Å². The highest BCUT2D eigenvalue weighted by Gasteiger charge is 2.24. The summed E-state index contributed by atoms with van der Waals surface area (Å²) in [4.78, 5) is 12.7. The summed E-state index contributed by atoms with van der Waals surface area (Å²) < 4.78 is 0. The molecule has 0 aliphatic carbocycles. The number of likely N-dealkylation sites (tertiary alicyclic amines) is 1. The summed E-state index contributed by atoms with van der Waals surface area (Å²) in [6.45, 7) is 3.22. The number of hydrogen-bond acceptors (Lipinski definition) is 2. The molecule has 0 radical (unpaired) electrons. The molecule has 2 heteroatoms. The number of carbonyl (C=O) groups excluding carboxylic acids is 1. The maximum atomic E-state index is 10.5. The Morgan fingerprint density at radius 1 is 1.60 bits per heavy atom. The van der Waals surface area contributed by atoms with E-state index in [9.17, 15) is 4.79 Å². The van der Waals surface area contributed by atoms with E-state index in [0.29, 0.717) is 5.92 Å². The van der Waals surface area contributed by atoms with E-state index in [1.165, 1.54) is 12.8 Å². The summed E-state index contributed by atoms with van der Waals surface area (Å²) in [5.74, 6) is 0.552. The standard InChI is InChI=1S/C8H15NO/c1-7-4-3-5-9(2)8(7)6-10/h6-8H,3-5H2,1-2H3. The average Bonchev–Trinajstić information content (AvgIpc) is 1.88. The molecule has 0 N–H and O–H groups in total. The molecule has 10 heavy (non-hydrogen) atoms. The Balaban J connectivity index is 2.53. The SMILES string of the molecule is CC1CCCN(C)C1C=O. The minimum Gasteiger partial charge on any atom is -0.302 e. The second-order valence-electron chi connectivity index (χ2n) is 3.23. The molecule has 1 aliphatic rings. The quantitative estimate of drug-likeness (QED) is 0.506. The van der Waals surface area contributed by atoms with E-state index >= 15 is 0 Å². The van der Waals surface area contributed by atoms with Crippen molar-refractivity contribution in [2.24, 2.45) is 5.92 Å². The lowest BCUT2D eigenvalue weighted by Crippen LogP contribution is -2.42. The molecule has 0 saturated carbocycles. The number of aldehydes is 1. The van der Waals surface area contributed by atoms with Gasteiger partial charge in [-0.2, -0.15) is 0 Å². The maximum absolute atomic E-state index is 10.5. The lowest BCUT2D eigenvalue weighted by molar-refractivity contribution is -0.114. The van der Waals surface area contributed by atoms with Crippen LogP contribution in [0.3, 0.4) is 0 Å². The zero-order valence-corrected chi connectivity index (χ0v) is 6.71. The summed E-state index contributed by atoms with van der Waals surface area (Å²) in [6.07, 6.45) is 3.51. The van der Waals surface area contributed by atoms with Crippen LogP contribution in [0.1, 0.15) is 19.8 Å². The van der Waals surface area contributed by atoms with E-state index in [2.05, 4.69) is 11.8 Å². The van der Waals surface area contributed by atoms with Crippen LogP contribution in [-0.2, 0) is 4.79 Å². The van der Waals surface area contributed by atoms with E-state index in [4.69, 9.17) is 0 Å². The van der Waals surface area contributed by atoms with Crippen molar-refractivity contribution in [1.82, 2.24) is 4.90 Å². The lowest BCUT2D eigenvalue weighted by atomic mass is 9.92. The molecule has 2 nitrogen and oxygen atoms in total. The highest BCUT2D eigenvalue weighted by atomic mass is 16.1. The fourth-order valence-electron chi connectivity index (χ4n) is 1.65. The Kier molecular flexibility index (Phi) is 2.44. The van der Waals surface area contributed by atoms with Gasteiger partial charge in [-0.25, -0.2) is 0 Å². The third-order valence-corrected chi connectivity index (χ3v) is 2.40. The molecule has 0 aromatic carbocycles. The van der Waals surface area contributed by atoms with Gasteiger partial charge in [0, 0.05) is 0 Å². The van der Waals surface area contributed by atoms with Crippen molar-refractivity contribution in [2.45, 2.75) is 25.8 Å². The first-order valence-electron chi connectivity index (χ1n) is 3.91. The van der Waals surface area contributed by atoms with Crippen molar-refractivity contribution in [3.63, 3.8) is 0 Å². The molecule has 1 saturated heterocycles. The van der Waals surface area contributed by atoms with Gasteiger partial charge in [0.2, 0.25) is 0 Å². The van der Waals surface area contributed by atoms with Gasteiger partial charge in [-0.15, -0.1) is 0 Å². The highest BCUT2D eigenvalue weighted by Crippen LogP contribution is 2.19. The van der Waals surface area contributed by atoms with Gasteiger partial charge in [0.05, 0.1) is 6.04 Å². The van der Waals surface area contributed by atoms with E-state index < -0.39 is 0 Å². The number of likely N-dealkylation sites (N-methyl/N-ethyl adjacent to an activating group) is 1. The zero-order chi connectivity index (χ0) is 7.56. The monoisotopic (exact) mass is 141 g/mol. The van der Waals surface area contributed by atoms with Crippen molar-refractivity contribution in [2.75, 3.05) is 13.6 Å². The van der Waals surface area contributed by atoms with Crippen molar-refractivity contribution < 1.29 is 4.79 Å². The summed E-state index contributed by atoms with van der Waals surface area (Å²) in [5, 5.41) is 0. The van der Waals surface area contributed by atoms with E-state index in [-0.39, 0.29) is 6.04 Å². The Morgan fingerprint density at radius 3 is 2.70 bits per heavy atom. The Morgan fingerprint density at radius 2 is 2.30 bits per heavy atom. The van der Waals surface area contributed by atoms with Crippen LogP contribution in [0.4, 0.5) is 0 Å². The molecule has 1 fully saturated rings. The van der Waals surface area contributed by atoms with Crippen LogP contribution in [0.15, 0.2) is 0 Å². The third-order valence-electron chi connectivity index (χ3n) is 2.40. The van der Waals surface area contributed by atoms with Crippen molar-refractivity contribution in [3.8, 4) is 0 Å². The molecule has 1 heterocycles. The first-order chi connectivity index (χ1) is 4.75. The van der Waals surface area contributed by atoms with Gasteiger partial charge >= 0.3 is 0 Å². The first-order valence-corrected chi connectivity index (χ1v) is 3.91. The smallest absolute Gasteiger partial charge is 0.137 e. The molecular weight excluding hydrogens is 126 g/mol. The average molecular weight is 141 g/mol. The number of nitrogens with zero attached hydrogens (tertiary/aromatic N) is 1. The van der Waals surface area contributed by atoms with Crippen molar-refractivity contribution in [3.05, 3.63) is 0 Å². The van der Waals surface area contributed by atoms with Crippen molar-refractivity contribution >= 4 is 6.29 Å². The summed E-state index contributed by atoms with van der Waals surface area (Å²) in [6, 6.07) is 0.175. The molecule has 2 unspecified atom stereocenters. The third kappa shape index (κ3) is 1.37. The molecule has 1 aliphatic heterocycles. The number of carbonyl (C=O) groups is 1. The van der Waals surface area contributed by atoms with Crippen molar-refractivity contribution in [1.29, 1.82) is 0 Å². The van der Waals surface area contributed by atoms with Crippen LogP contribution in [-0.4, -0.2) is 30.8 Å². The number of rotatable bonds is 1. The molecule has 0 aromatic heterocycles. The van der Waals surface area contributed by atoms with E-state index in [1.807, 2.05) is 7.05 Å². The van der Waals surface area contributed by atoms with E-state index in [0.717, 1.165) is 12.8 Å². The van der Waals surface area contributed by atoms with Crippen LogP contribution in [0, 0.1) is 5.92 Å². The molecule has 58 valence electrons. The first kappa shape index (κ1) is 7.73. The largest absolute Gasteiger partial charge is 0.302 e. The van der Waals surface area contributed by atoms with Gasteiger partial charge in [0.1, 0.15) is 6.29 Å². The predicted octanol–water partition coefficient (Wildman–Crippen LogP) is 0.916. The topological polar surface area (TPSA) is 20.3 Å². The summed E-state index contributed by atoms with van der Waals surface area (Å²) in [7, 11) is 2.02. The van der Waals surface area contributed by atoms with Crippen LogP contribution in [0.5, 0.6) is 0 Å². The Hall–Kier alpha value is -0.370. The number of piperidine rings is 1. The van der Waals surface area contributed by atoms with Gasteiger partial charge in [-0.1, -0.05) is 6.92 Å². The molecule has 0 spiro atoms. The molecule has 0 amide bonds. The fraction of sp³-hybridized carbons (Fsp3) is 0.875. The van der Waals surface area contributed by atoms with Gasteiger partial charge in [0.15, 0.2) is 0 Å².